The summed E-state index contributed by atoms with van der Waals surface area (Å²) >= 11 is 5.58. The molecular weight excluding hydrogens is 245 g/mol. The van der Waals surface area contributed by atoms with Crippen LogP contribution >= 0.6 is 11.6 Å². The Bertz CT molecular complexity index is 528. The van der Waals surface area contributed by atoms with Crippen LogP contribution in [0.3, 0.4) is 0 Å². The van der Waals surface area contributed by atoms with Gasteiger partial charge >= 0.3 is 0 Å². The van der Waals surface area contributed by atoms with Gasteiger partial charge in [-0.15, -0.1) is 0 Å². The lowest BCUT2D eigenvalue weighted by Gasteiger charge is -2.05. The summed E-state index contributed by atoms with van der Waals surface area (Å²) in [5.74, 6) is -0.645. The molecule has 0 saturated heterocycles. The Kier molecular flexibility index (Phi) is 3.39. The Hall–Kier alpha value is -1.88. The van der Waals surface area contributed by atoms with Crippen molar-refractivity contribution in [3.8, 4) is 0 Å². The number of nitrogens with one attached hydrogen (secondary N) is 2. The first-order valence-corrected chi connectivity index (χ1v) is 5.26. The predicted molar refractivity (Wildman–Crippen MR) is 61.2 cm³/mol. The van der Waals surface area contributed by atoms with Gasteiger partial charge in [-0.05, 0) is 12.1 Å². The topological polar surface area (TPSA) is 57.8 Å². The van der Waals surface area contributed by atoms with E-state index in [4.69, 9.17) is 11.6 Å². The van der Waals surface area contributed by atoms with E-state index >= 15 is 0 Å². The molecule has 0 aliphatic heterocycles. The van der Waals surface area contributed by atoms with Crippen LogP contribution in [0.25, 0.3) is 0 Å². The normalized spacial score (nSPS) is 10.2. The van der Waals surface area contributed by atoms with Gasteiger partial charge in [-0.3, -0.25) is 4.79 Å². The van der Waals surface area contributed by atoms with Crippen LogP contribution in [0.1, 0.15) is 16.2 Å². The number of carbonyl (C=O) groups excluding carboxylic acids is 1. The van der Waals surface area contributed by atoms with Crippen LogP contribution in [0, 0.1) is 5.82 Å². The molecule has 1 aromatic heterocycles. The first-order chi connectivity index (χ1) is 8.18. The molecule has 17 heavy (non-hydrogen) atoms. The lowest BCUT2D eigenvalue weighted by Crippen LogP contribution is -2.24. The lowest BCUT2D eigenvalue weighted by atomic mass is 10.2. The zero-order chi connectivity index (χ0) is 12.3. The van der Waals surface area contributed by atoms with Crippen LogP contribution in [-0.2, 0) is 6.54 Å². The summed E-state index contributed by atoms with van der Waals surface area (Å²) < 4.78 is 13.5. The molecule has 2 rings (SSSR count). The number of imidazole rings is 1. The molecule has 2 aromatic rings. The number of nitrogens with zero attached hydrogens (tertiary/aromatic N) is 1. The minimum absolute atomic E-state index is 0.0735. The third kappa shape index (κ3) is 2.62. The van der Waals surface area contributed by atoms with E-state index in [0.717, 1.165) is 0 Å². The minimum Gasteiger partial charge on any atom is -0.347 e. The van der Waals surface area contributed by atoms with Crippen LogP contribution in [0.15, 0.2) is 30.6 Å². The van der Waals surface area contributed by atoms with Gasteiger partial charge in [0.2, 0.25) is 0 Å². The number of halogens is 2. The van der Waals surface area contributed by atoms with Gasteiger partial charge in [0, 0.05) is 12.4 Å². The molecule has 0 atom stereocenters. The fraction of sp³-hybridized carbons (Fsp3) is 0.0909. The summed E-state index contributed by atoms with van der Waals surface area (Å²) in [6.45, 7) is 0.206. The zero-order valence-electron chi connectivity index (χ0n) is 8.71. The molecule has 0 radical (unpaired) electrons. The van der Waals surface area contributed by atoms with Crippen LogP contribution in [0.4, 0.5) is 4.39 Å². The zero-order valence-corrected chi connectivity index (χ0v) is 9.46. The molecule has 0 spiro atoms. The Labute approximate surface area is 102 Å². The predicted octanol–water partition coefficient (Wildman–Crippen LogP) is 2.13. The van der Waals surface area contributed by atoms with E-state index in [1.165, 1.54) is 18.2 Å². The molecule has 2 N–H and O–H groups in total. The maximum Gasteiger partial charge on any atom is 0.254 e. The van der Waals surface area contributed by atoms with E-state index in [0.29, 0.717) is 5.82 Å². The molecule has 1 heterocycles. The Morgan fingerprint density at radius 2 is 2.35 bits per heavy atom. The van der Waals surface area contributed by atoms with Gasteiger partial charge < -0.3 is 10.3 Å². The standard InChI is InChI=1S/C11H9ClFN3O/c12-8-3-1-2-7(10(8)13)11(17)16-6-9-14-4-5-15-9/h1-5H,6H2,(H,14,15)(H,16,17). The second-order valence-corrected chi connectivity index (χ2v) is 3.73. The fourth-order valence-corrected chi connectivity index (χ4v) is 1.51. The van der Waals surface area contributed by atoms with Crippen molar-refractivity contribution in [3.05, 3.63) is 52.8 Å². The van der Waals surface area contributed by atoms with Crippen molar-refractivity contribution in [2.75, 3.05) is 0 Å². The maximum atomic E-state index is 13.5. The monoisotopic (exact) mass is 253 g/mol. The highest BCUT2D eigenvalue weighted by Crippen LogP contribution is 2.17. The van der Waals surface area contributed by atoms with Crippen molar-refractivity contribution in [1.29, 1.82) is 0 Å². The van der Waals surface area contributed by atoms with Crippen LogP contribution in [0.5, 0.6) is 0 Å². The number of hydrogen-bond acceptors (Lipinski definition) is 2. The third-order valence-electron chi connectivity index (χ3n) is 2.17. The Balaban J connectivity index is 2.07. The highest BCUT2D eigenvalue weighted by molar-refractivity contribution is 6.31. The van der Waals surface area contributed by atoms with E-state index in [1.807, 2.05) is 0 Å². The Morgan fingerprint density at radius 1 is 1.53 bits per heavy atom. The number of hydrogen-bond donors (Lipinski definition) is 2. The summed E-state index contributed by atoms with van der Waals surface area (Å²) in [6, 6.07) is 4.28. The van der Waals surface area contributed by atoms with Crippen molar-refractivity contribution in [2.24, 2.45) is 0 Å². The largest absolute Gasteiger partial charge is 0.347 e. The molecule has 0 saturated carbocycles. The third-order valence-corrected chi connectivity index (χ3v) is 2.46. The van der Waals surface area contributed by atoms with Gasteiger partial charge in [-0.25, -0.2) is 9.37 Å². The average molecular weight is 254 g/mol. The van der Waals surface area contributed by atoms with Gasteiger partial charge in [0.05, 0.1) is 17.1 Å². The van der Waals surface area contributed by atoms with E-state index in [9.17, 15) is 9.18 Å². The average Bonchev–Trinajstić information content (AvgIpc) is 2.82. The smallest absolute Gasteiger partial charge is 0.254 e. The molecule has 0 aliphatic carbocycles. The molecule has 1 aromatic carbocycles. The first kappa shape index (κ1) is 11.6. The van der Waals surface area contributed by atoms with Crippen molar-refractivity contribution >= 4 is 17.5 Å². The van der Waals surface area contributed by atoms with Gasteiger partial charge in [0.1, 0.15) is 5.82 Å². The quantitative estimate of drug-likeness (QED) is 0.880. The summed E-state index contributed by atoms with van der Waals surface area (Å²) in [5.41, 5.74) is -0.0796. The molecule has 0 aliphatic rings. The molecule has 6 heteroatoms. The van der Waals surface area contributed by atoms with Gasteiger partial charge in [-0.2, -0.15) is 0 Å². The molecule has 88 valence electrons. The minimum atomic E-state index is -0.717. The van der Waals surface area contributed by atoms with Crippen molar-refractivity contribution in [2.45, 2.75) is 6.54 Å². The number of aromatic amines is 1. The van der Waals surface area contributed by atoms with Gasteiger partial charge in [0.25, 0.3) is 5.91 Å². The van der Waals surface area contributed by atoms with Crippen molar-refractivity contribution < 1.29 is 9.18 Å². The molecule has 0 bridgehead atoms. The number of carbonyl (C=O) groups is 1. The van der Waals surface area contributed by atoms with Gasteiger partial charge in [0.15, 0.2) is 5.82 Å². The highest BCUT2D eigenvalue weighted by atomic mass is 35.5. The first-order valence-electron chi connectivity index (χ1n) is 4.89. The maximum absolute atomic E-state index is 13.5. The molecule has 0 fully saturated rings. The van der Waals surface area contributed by atoms with E-state index < -0.39 is 11.7 Å². The Morgan fingerprint density at radius 3 is 3.06 bits per heavy atom. The molecular formula is C11H9ClFN3O. The number of amides is 1. The molecule has 1 amide bonds. The molecule has 0 unspecified atom stereocenters. The summed E-state index contributed by atoms with van der Waals surface area (Å²) in [5, 5.41) is 2.46. The van der Waals surface area contributed by atoms with E-state index in [2.05, 4.69) is 15.3 Å². The second-order valence-electron chi connectivity index (χ2n) is 3.32. The van der Waals surface area contributed by atoms with Crippen LogP contribution < -0.4 is 5.32 Å². The lowest BCUT2D eigenvalue weighted by molar-refractivity contribution is 0.0946. The van der Waals surface area contributed by atoms with E-state index in [1.54, 1.807) is 12.4 Å². The van der Waals surface area contributed by atoms with Crippen LogP contribution in [0.2, 0.25) is 5.02 Å². The van der Waals surface area contributed by atoms with Crippen LogP contribution in [-0.4, -0.2) is 15.9 Å². The van der Waals surface area contributed by atoms with Gasteiger partial charge in [-0.1, -0.05) is 17.7 Å². The SMILES string of the molecule is O=C(NCc1ncc[nH]1)c1cccc(Cl)c1F. The van der Waals surface area contributed by atoms with Crippen molar-refractivity contribution in [1.82, 2.24) is 15.3 Å². The van der Waals surface area contributed by atoms with Crippen molar-refractivity contribution in [3.63, 3.8) is 0 Å². The summed E-state index contributed by atoms with van der Waals surface area (Å²) in [7, 11) is 0. The number of aromatic nitrogens is 2. The number of rotatable bonds is 3. The summed E-state index contributed by atoms with van der Waals surface area (Å²) in [4.78, 5) is 18.4. The number of benzene rings is 1. The fourth-order valence-electron chi connectivity index (χ4n) is 1.33. The molecule has 4 nitrogen and oxygen atoms in total. The number of H-pyrrole nitrogens is 1. The summed E-state index contributed by atoms with van der Waals surface area (Å²) in [6.07, 6.45) is 3.21. The van der Waals surface area contributed by atoms with E-state index in [-0.39, 0.29) is 17.1 Å². The second kappa shape index (κ2) is 4.97. The highest BCUT2D eigenvalue weighted by Gasteiger charge is 2.13.